The molecule has 0 saturated carbocycles. The molecule has 2 aliphatic heterocycles. The second-order valence-corrected chi connectivity index (χ2v) is 7.37. The molecule has 0 amide bonds. The summed E-state index contributed by atoms with van der Waals surface area (Å²) in [6.07, 6.45) is 1.47. The van der Waals surface area contributed by atoms with Crippen molar-refractivity contribution >= 4 is 0 Å². The lowest BCUT2D eigenvalue weighted by Crippen LogP contribution is -2.58. The number of nitrogens with one attached hydrogen (secondary N) is 1. The number of aliphatic hydroxyl groups is 1. The number of benzene rings is 1. The first-order chi connectivity index (χ1) is 9.37. The molecule has 3 rings (SSSR count). The Bertz CT molecular complexity index is 463. The van der Waals surface area contributed by atoms with Crippen LogP contribution in [-0.2, 0) is 15.8 Å². The van der Waals surface area contributed by atoms with E-state index >= 15 is 0 Å². The second kappa shape index (κ2) is 4.83. The zero-order valence-corrected chi connectivity index (χ0v) is 12.6. The highest BCUT2D eigenvalue weighted by atomic mass is 16.5. The van der Waals surface area contributed by atoms with Crippen molar-refractivity contribution in [1.82, 2.24) is 5.32 Å². The Balaban J connectivity index is 1.84. The van der Waals surface area contributed by atoms with E-state index in [-0.39, 0.29) is 17.5 Å². The van der Waals surface area contributed by atoms with E-state index in [9.17, 15) is 5.11 Å². The minimum Gasteiger partial charge on any atom is -0.385 e. The maximum absolute atomic E-state index is 11.0. The van der Waals surface area contributed by atoms with Crippen molar-refractivity contribution in [3.05, 3.63) is 35.4 Å². The van der Waals surface area contributed by atoms with Crippen LogP contribution in [-0.4, -0.2) is 30.4 Å². The van der Waals surface area contributed by atoms with Gasteiger partial charge in [0.25, 0.3) is 0 Å². The van der Waals surface area contributed by atoms with E-state index in [1.54, 1.807) is 0 Å². The Labute approximate surface area is 121 Å². The molecule has 2 N–H and O–H groups in total. The molecular formula is C17H25NO2. The number of hydrogen-bond acceptors (Lipinski definition) is 3. The smallest absolute Gasteiger partial charge is 0.0927 e. The fourth-order valence-corrected chi connectivity index (χ4v) is 3.43. The molecule has 3 nitrogen and oxygen atoms in total. The van der Waals surface area contributed by atoms with Crippen LogP contribution in [0, 0.1) is 0 Å². The van der Waals surface area contributed by atoms with Gasteiger partial charge < -0.3 is 15.2 Å². The number of morpholine rings is 1. The van der Waals surface area contributed by atoms with Gasteiger partial charge in [-0.05, 0) is 29.4 Å². The van der Waals surface area contributed by atoms with Crippen molar-refractivity contribution in [3.8, 4) is 0 Å². The Kier molecular flexibility index (Phi) is 3.39. The molecule has 2 bridgehead atoms. The maximum Gasteiger partial charge on any atom is 0.0927 e. The average Bonchev–Trinajstić information content (AvgIpc) is 2.37. The van der Waals surface area contributed by atoms with Gasteiger partial charge in [0.05, 0.1) is 18.8 Å². The summed E-state index contributed by atoms with van der Waals surface area (Å²) in [5, 5.41) is 14.6. The van der Waals surface area contributed by atoms with E-state index in [4.69, 9.17) is 4.74 Å². The van der Waals surface area contributed by atoms with Crippen molar-refractivity contribution < 1.29 is 9.84 Å². The van der Waals surface area contributed by atoms with E-state index in [0.717, 1.165) is 18.4 Å². The third kappa shape index (κ3) is 2.62. The van der Waals surface area contributed by atoms with E-state index in [2.05, 4.69) is 50.4 Å². The quantitative estimate of drug-likeness (QED) is 0.826. The monoisotopic (exact) mass is 275 g/mol. The van der Waals surface area contributed by atoms with E-state index < -0.39 is 5.60 Å². The van der Waals surface area contributed by atoms with Gasteiger partial charge in [-0.2, -0.15) is 0 Å². The standard InChI is InChI=1S/C17H25NO2/c1-16(2,3)12-4-6-13(7-5-12)17(19)8-14-10-20-11-15(9-17)18-14/h4-7,14-15,18-19H,8-11H2,1-3H3. The first-order valence-corrected chi connectivity index (χ1v) is 7.54. The van der Waals surface area contributed by atoms with Crippen LogP contribution in [0.5, 0.6) is 0 Å². The highest BCUT2D eigenvalue weighted by Crippen LogP contribution is 2.37. The van der Waals surface area contributed by atoms with Crippen LogP contribution in [0.25, 0.3) is 0 Å². The third-order valence-corrected chi connectivity index (χ3v) is 4.57. The zero-order chi connectivity index (χ0) is 14.4. The number of ether oxygens (including phenoxy) is 1. The van der Waals surface area contributed by atoms with E-state index in [1.165, 1.54) is 5.56 Å². The Hall–Kier alpha value is -0.900. The SMILES string of the molecule is CC(C)(C)c1ccc(C2(O)CC3COCC(C2)N3)cc1. The van der Waals surface area contributed by atoms with Gasteiger partial charge in [-0.1, -0.05) is 45.0 Å². The van der Waals surface area contributed by atoms with Gasteiger partial charge in [0.2, 0.25) is 0 Å². The predicted molar refractivity (Wildman–Crippen MR) is 79.8 cm³/mol. The van der Waals surface area contributed by atoms with Gasteiger partial charge in [-0.15, -0.1) is 0 Å². The Morgan fingerprint density at radius 3 is 2.15 bits per heavy atom. The van der Waals surface area contributed by atoms with Crippen molar-refractivity contribution in [2.45, 2.75) is 56.7 Å². The Morgan fingerprint density at radius 1 is 1.10 bits per heavy atom. The lowest BCUT2D eigenvalue weighted by molar-refractivity contribution is -0.0802. The highest BCUT2D eigenvalue weighted by molar-refractivity contribution is 5.31. The molecule has 0 radical (unpaired) electrons. The minimum absolute atomic E-state index is 0.152. The molecule has 2 fully saturated rings. The van der Waals surface area contributed by atoms with Crippen LogP contribution in [0.1, 0.15) is 44.7 Å². The number of fused-ring (bicyclic) bond motifs is 2. The molecule has 0 aliphatic carbocycles. The predicted octanol–water partition coefficient (Wildman–Crippen LogP) is 2.32. The molecule has 1 aromatic carbocycles. The molecule has 0 spiro atoms. The molecule has 2 aliphatic rings. The van der Waals surface area contributed by atoms with E-state index in [1.807, 2.05) is 0 Å². The molecule has 0 aromatic heterocycles. The molecular weight excluding hydrogens is 250 g/mol. The molecule has 3 heteroatoms. The summed E-state index contributed by atoms with van der Waals surface area (Å²) in [5.74, 6) is 0. The normalized spacial score (nSPS) is 34.0. The molecule has 2 saturated heterocycles. The lowest BCUT2D eigenvalue weighted by Gasteiger charge is -2.45. The molecule has 2 unspecified atom stereocenters. The molecule has 2 heterocycles. The topological polar surface area (TPSA) is 41.5 Å². The molecule has 2 atom stereocenters. The lowest BCUT2D eigenvalue weighted by atomic mass is 9.77. The zero-order valence-electron chi connectivity index (χ0n) is 12.6. The fraction of sp³-hybridized carbons (Fsp3) is 0.647. The summed E-state index contributed by atoms with van der Waals surface area (Å²) in [5.41, 5.74) is 1.80. The van der Waals surface area contributed by atoms with Gasteiger partial charge in [0, 0.05) is 12.1 Å². The summed E-state index contributed by atoms with van der Waals surface area (Å²) in [6.45, 7) is 8.05. The van der Waals surface area contributed by atoms with Gasteiger partial charge in [0.15, 0.2) is 0 Å². The first kappa shape index (κ1) is 14.1. The number of piperidine rings is 1. The summed E-state index contributed by atoms with van der Waals surface area (Å²) >= 11 is 0. The molecule has 20 heavy (non-hydrogen) atoms. The van der Waals surface area contributed by atoms with Gasteiger partial charge in [0.1, 0.15) is 0 Å². The fourth-order valence-electron chi connectivity index (χ4n) is 3.43. The number of hydrogen-bond donors (Lipinski definition) is 2. The minimum atomic E-state index is -0.708. The summed E-state index contributed by atoms with van der Waals surface area (Å²) < 4.78 is 5.56. The van der Waals surface area contributed by atoms with Crippen molar-refractivity contribution in [3.63, 3.8) is 0 Å². The largest absolute Gasteiger partial charge is 0.385 e. The number of rotatable bonds is 1. The van der Waals surface area contributed by atoms with E-state index in [0.29, 0.717) is 13.2 Å². The second-order valence-electron chi connectivity index (χ2n) is 7.37. The first-order valence-electron chi connectivity index (χ1n) is 7.54. The molecule has 1 aromatic rings. The van der Waals surface area contributed by atoms with Crippen molar-refractivity contribution in [1.29, 1.82) is 0 Å². The van der Waals surface area contributed by atoms with Crippen LogP contribution in [0.2, 0.25) is 0 Å². The maximum atomic E-state index is 11.0. The average molecular weight is 275 g/mol. The highest BCUT2D eigenvalue weighted by Gasteiger charge is 2.42. The Morgan fingerprint density at radius 2 is 1.65 bits per heavy atom. The summed E-state index contributed by atoms with van der Waals surface area (Å²) in [6, 6.07) is 9.05. The van der Waals surface area contributed by atoms with Crippen LogP contribution in [0.15, 0.2) is 24.3 Å². The van der Waals surface area contributed by atoms with Crippen LogP contribution >= 0.6 is 0 Å². The van der Waals surface area contributed by atoms with Crippen LogP contribution in [0.4, 0.5) is 0 Å². The van der Waals surface area contributed by atoms with Crippen molar-refractivity contribution in [2.75, 3.05) is 13.2 Å². The third-order valence-electron chi connectivity index (χ3n) is 4.57. The van der Waals surface area contributed by atoms with Crippen LogP contribution < -0.4 is 5.32 Å². The van der Waals surface area contributed by atoms with Gasteiger partial charge in [-0.25, -0.2) is 0 Å². The molecule has 110 valence electrons. The van der Waals surface area contributed by atoms with Gasteiger partial charge >= 0.3 is 0 Å². The van der Waals surface area contributed by atoms with Crippen molar-refractivity contribution in [2.24, 2.45) is 0 Å². The van der Waals surface area contributed by atoms with Crippen LogP contribution in [0.3, 0.4) is 0 Å². The summed E-state index contributed by atoms with van der Waals surface area (Å²) in [7, 11) is 0. The summed E-state index contributed by atoms with van der Waals surface area (Å²) in [4.78, 5) is 0. The van der Waals surface area contributed by atoms with Gasteiger partial charge in [-0.3, -0.25) is 0 Å².